The smallest absolute Gasteiger partial charge is 0.422 e. The summed E-state index contributed by atoms with van der Waals surface area (Å²) in [6.07, 6.45) is -1.74. The highest BCUT2D eigenvalue weighted by molar-refractivity contribution is 6.31. The maximum Gasteiger partial charge on any atom is 0.422 e. The number of amides is 1. The van der Waals surface area contributed by atoms with Crippen LogP contribution in [-0.2, 0) is 4.79 Å². The van der Waals surface area contributed by atoms with Crippen molar-refractivity contribution >= 4 is 35.6 Å². The Hall–Kier alpha value is -1.18. The summed E-state index contributed by atoms with van der Waals surface area (Å²) in [5.74, 6) is -0.324. The molecule has 9 heteroatoms. The third kappa shape index (κ3) is 4.92. The summed E-state index contributed by atoms with van der Waals surface area (Å²) in [5.41, 5.74) is 0.216. The molecule has 4 nitrogen and oxygen atoms in total. The van der Waals surface area contributed by atoms with Gasteiger partial charge in [-0.05, 0) is 56.0 Å². The summed E-state index contributed by atoms with van der Waals surface area (Å²) in [5, 5.41) is 6.26. The summed E-state index contributed by atoms with van der Waals surface area (Å²) < 4.78 is 41.8. The molecule has 1 aromatic carbocycles. The average Bonchev–Trinajstić information content (AvgIpc) is 3.19. The Balaban J connectivity index is 0.00000225. The number of piperidine rings is 1. The van der Waals surface area contributed by atoms with Crippen molar-refractivity contribution in [1.29, 1.82) is 0 Å². The molecule has 1 aromatic rings. The maximum atomic E-state index is 12.5. The minimum Gasteiger partial charge on any atom is -0.482 e. The van der Waals surface area contributed by atoms with E-state index in [1.165, 1.54) is 18.2 Å². The Morgan fingerprint density at radius 3 is 2.68 bits per heavy atom. The van der Waals surface area contributed by atoms with Crippen LogP contribution < -0.4 is 15.4 Å². The number of anilines is 1. The molecule has 140 valence electrons. The summed E-state index contributed by atoms with van der Waals surface area (Å²) in [4.78, 5) is 12.5. The van der Waals surface area contributed by atoms with Crippen molar-refractivity contribution in [1.82, 2.24) is 5.32 Å². The van der Waals surface area contributed by atoms with Gasteiger partial charge in [0.1, 0.15) is 5.75 Å². The molecule has 3 rings (SSSR count). The van der Waals surface area contributed by atoms with E-state index in [1.54, 1.807) is 0 Å². The van der Waals surface area contributed by atoms with E-state index in [1.807, 2.05) is 0 Å². The third-order valence-corrected chi connectivity index (χ3v) is 4.93. The number of nitrogens with one attached hydrogen (secondary N) is 2. The lowest BCUT2D eigenvalue weighted by atomic mass is 9.92. The van der Waals surface area contributed by atoms with Crippen LogP contribution in [0.25, 0.3) is 0 Å². The van der Waals surface area contributed by atoms with Gasteiger partial charge in [0.25, 0.3) is 0 Å². The lowest BCUT2D eigenvalue weighted by Gasteiger charge is -2.23. The first kappa shape index (κ1) is 20.1. The van der Waals surface area contributed by atoms with Crippen molar-refractivity contribution < 1.29 is 22.7 Å². The lowest BCUT2D eigenvalue weighted by molar-refractivity contribution is -0.153. The number of hydrogen-bond donors (Lipinski definition) is 2. The number of carbonyl (C=O) groups excluding carboxylic acids is 1. The van der Waals surface area contributed by atoms with Crippen LogP contribution in [0.4, 0.5) is 18.9 Å². The normalized spacial score (nSPS) is 21.4. The predicted octanol–water partition coefficient (Wildman–Crippen LogP) is 4.03. The van der Waals surface area contributed by atoms with Crippen molar-refractivity contribution in [3.05, 3.63) is 23.2 Å². The van der Waals surface area contributed by atoms with Crippen molar-refractivity contribution in [2.24, 2.45) is 11.3 Å². The minimum absolute atomic E-state index is 0. The number of ether oxygens (including phenoxy) is 1. The van der Waals surface area contributed by atoms with Gasteiger partial charge in [-0.3, -0.25) is 4.79 Å². The quantitative estimate of drug-likeness (QED) is 0.804. The van der Waals surface area contributed by atoms with Gasteiger partial charge in [-0.1, -0.05) is 11.6 Å². The fourth-order valence-electron chi connectivity index (χ4n) is 3.30. The van der Waals surface area contributed by atoms with E-state index < -0.39 is 12.8 Å². The fraction of sp³-hybridized carbons (Fsp3) is 0.562. The SMILES string of the molecule is Cl.O=C(Nc1cc(Cl)ccc1OCC(F)(F)F)C1CC12CCNCC2. The van der Waals surface area contributed by atoms with E-state index in [2.05, 4.69) is 10.6 Å². The Kier molecular flexibility index (Phi) is 6.12. The van der Waals surface area contributed by atoms with Crippen molar-refractivity contribution in [3.63, 3.8) is 0 Å². The zero-order chi connectivity index (χ0) is 17.4. The fourth-order valence-corrected chi connectivity index (χ4v) is 3.47. The van der Waals surface area contributed by atoms with Crippen LogP contribution in [0.3, 0.4) is 0 Å². The van der Waals surface area contributed by atoms with Gasteiger partial charge < -0.3 is 15.4 Å². The first-order valence-electron chi connectivity index (χ1n) is 7.80. The monoisotopic (exact) mass is 398 g/mol. The van der Waals surface area contributed by atoms with Crippen LogP contribution in [-0.4, -0.2) is 31.8 Å². The van der Waals surface area contributed by atoms with Crippen LogP contribution in [0.5, 0.6) is 5.75 Å². The number of hydrogen-bond acceptors (Lipinski definition) is 3. The molecule has 1 aliphatic heterocycles. The van der Waals surface area contributed by atoms with E-state index in [4.69, 9.17) is 16.3 Å². The highest BCUT2D eigenvalue weighted by Crippen LogP contribution is 2.58. The summed E-state index contributed by atoms with van der Waals surface area (Å²) >= 11 is 5.89. The molecule has 1 saturated carbocycles. The van der Waals surface area contributed by atoms with Crippen LogP contribution in [0, 0.1) is 11.3 Å². The topological polar surface area (TPSA) is 50.4 Å². The molecule has 0 radical (unpaired) electrons. The minimum atomic E-state index is -4.45. The average molecular weight is 399 g/mol. The number of alkyl halides is 3. The summed E-state index contributed by atoms with van der Waals surface area (Å²) in [6.45, 7) is 0.359. The maximum absolute atomic E-state index is 12.5. The second kappa shape index (κ2) is 7.60. The Bertz CT molecular complexity index is 634. The number of carbonyl (C=O) groups is 1. The molecule has 1 atom stereocenters. The van der Waals surface area contributed by atoms with Gasteiger partial charge >= 0.3 is 6.18 Å². The molecule has 2 fully saturated rings. The van der Waals surface area contributed by atoms with Gasteiger partial charge in [0, 0.05) is 10.9 Å². The van der Waals surface area contributed by atoms with E-state index in [9.17, 15) is 18.0 Å². The molecule has 2 N–H and O–H groups in total. The molecule has 0 bridgehead atoms. The molecule has 2 aliphatic rings. The molecule has 1 unspecified atom stereocenters. The van der Waals surface area contributed by atoms with Crippen LogP contribution >= 0.6 is 24.0 Å². The van der Waals surface area contributed by atoms with Crippen LogP contribution in [0.1, 0.15) is 19.3 Å². The molecular weight excluding hydrogens is 380 g/mol. The van der Waals surface area contributed by atoms with Gasteiger partial charge in [0.2, 0.25) is 5.91 Å². The van der Waals surface area contributed by atoms with E-state index in [-0.39, 0.29) is 41.1 Å². The first-order chi connectivity index (χ1) is 11.3. The molecule has 1 saturated heterocycles. The highest BCUT2D eigenvalue weighted by Gasteiger charge is 2.57. The van der Waals surface area contributed by atoms with Gasteiger partial charge in [0.15, 0.2) is 6.61 Å². The molecule has 1 spiro atoms. The van der Waals surface area contributed by atoms with E-state index >= 15 is 0 Å². The Labute approximate surface area is 154 Å². The van der Waals surface area contributed by atoms with Crippen molar-refractivity contribution in [2.75, 3.05) is 25.0 Å². The highest BCUT2D eigenvalue weighted by atomic mass is 35.5. The third-order valence-electron chi connectivity index (χ3n) is 4.70. The molecule has 1 aliphatic carbocycles. The van der Waals surface area contributed by atoms with E-state index in [0.29, 0.717) is 5.02 Å². The van der Waals surface area contributed by atoms with Crippen molar-refractivity contribution in [3.8, 4) is 5.75 Å². The standard InChI is InChI=1S/C16H18ClF3N2O2.ClH/c17-10-1-2-13(24-9-16(18,19)20)12(7-10)22-14(23)11-8-15(11)3-5-21-6-4-15;/h1-2,7,11,21H,3-6,8-9H2,(H,22,23);1H. The second-order valence-corrected chi connectivity index (χ2v) is 6.84. The number of halogens is 5. The predicted molar refractivity (Wildman–Crippen MR) is 91.5 cm³/mol. The van der Waals surface area contributed by atoms with E-state index in [0.717, 1.165) is 32.4 Å². The van der Waals surface area contributed by atoms with Gasteiger partial charge in [-0.15, -0.1) is 12.4 Å². The van der Waals surface area contributed by atoms with Gasteiger partial charge in [0.05, 0.1) is 5.69 Å². The van der Waals surface area contributed by atoms with Gasteiger partial charge in [-0.2, -0.15) is 13.2 Å². The molecule has 25 heavy (non-hydrogen) atoms. The summed E-state index contributed by atoms with van der Waals surface area (Å²) in [6, 6.07) is 4.16. The molecule has 1 amide bonds. The Morgan fingerprint density at radius 2 is 2.04 bits per heavy atom. The van der Waals surface area contributed by atoms with Gasteiger partial charge in [-0.25, -0.2) is 0 Å². The zero-order valence-electron chi connectivity index (χ0n) is 13.3. The lowest BCUT2D eigenvalue weighted by Crippen LogP contribution is -2.31. The van der Waals surface area contributed by atoms with Crippen molar-refractivity contribution in [2.45, 2.75) is 25.4 Å². The largest absolute Gasteiger partial charge is 0.482 e. The molecular formula is C16H19Cl2F3N2O2. The molecule has 0 aromatic heterocycles. The Morgan fingerprint density at radius 1 is 1.36 bits per heavy atom. The second-order valence-electron chi connectivity index (χ2n) is 6.40. The zero-order valence-corrected chi connectivity index (χ0v) is 14.9. The summed E-state index contributed by atoms with van der Waals surface area (Å²) in [7, 11) is 0. The van der Waals surface area contributed by atoms with Crippen LogP contribution in [0.15, 0.2) is 18.2 Å². The number of benzene rings is 1. The molecule has 1 heterocycles. The first-order valence-corrected chi connectivity index (χ1v) is 8.18. The van der Waals surface area contributed by atoms with Crippen LogP contribution in [0.2, 0.25) is 5.02 Å². The number of rotatable bonds is 4.